The van der Waals surface area contributed by atoms with Gasteiger partial charge in [0.2, 0.25) is 0 Å². The SMILES string of the molecule is NNC(CCc1cccs1)c1cccnc1. The Labute approximate surface area is 99.3 Å². The molecule has 16 heavy (non-hydrogen) atoms. The minimum Gasteiger partial charge on any atom is -0.271 e. The maximum absolute atomic E-state index is 5.57. The van der Waals surface area contributed by atoms with Crippen LogP contribution in [0.2, 0.25) is 0 Å². The van der Waals surface area contributed by atoms with Gasteiger partial charge in [-0.25, -0.2) is 0 Å². The monoisotopic (exact) mass is 233 g/mol. The first kappa shape index (κ1) is 11.3. The second-order valence-electron chi connectivity index (χ2n) is 3.62. The summed E-state index contributed by atoms with van der Waals surface area (Å²) in [6.45, 7) is 0. The van der Waals surface area contributed by atoms with Crippen molar-refractivity contribution in [1.82, 2.24) is 10.4 Å². The molecule has 3 nitrogen and oxygen atoms in total. The summed E-state index contributed by atoms with van der Waals surface area (Å²) < 4.78 is 0. The van der Waals surface area contributed by atoms with Crippen LogP contribution in [0, 0.1) is 0 Å². The number of nitrogens with two attached hydrogens (primary N) is 1. The van der Waals surface area contributed by atoms with Gasteiger partial charge in [-0.1, -0.05) is 12.1 Å². The van der Waals surface area contributed by atoms with Gasteiger partial charge < -0.3 is 0 Å². The number of nitrogens with one attached hydrogen (secondary N) is 1. The van der Waals surface area contributed by atoms with Crippen LogP contribution >= 0.6 is 11.3 Å². The molecule has 84 valence electrons. The fourth-order valence-electron chi connectivity index (χ4n) is 1.67. The minimum atomic E-state index is 0.177. The van der Waals surface area contributed by atoms with Gasteiger partial charge in [-0.05, 0) is 35.9 Å². The number of hydrogen-bond donors (Lipinski definition) is 2. The summed E-state index contributed by atoms with van der Waals surface area (Å²) in [5.74, 6) is 5.57. The number of nitrogens with zero attached hydrogens (tertiary/aromatic N) is 1. The van der Waals surface area contributed by atoms with Gasteiger partial charge in [-0.2, -0.15) is 0 Å². The van der Waals surface area contributed by atoms with E-state index in [1.54, 1.807) is 17.5 Å². The zero-order chi connectivity index (χ0) is 11.2. The Balaban J connectivity index is 1.96. The number of thiophene rings is 1. The summed E-state index contributed by atoms with van der Waals surface area (Å²) in [6.07, 6.45) is 5.67. The molecule has 2 rings (SSSR count). The Morgan fingerprint density at radius 3 is 2.94 bits per heavy atom. The number of hydrazine groups is 1. The molecular weight excluding hydrogens is 218 g/mol. The molecule has 1 unspecified atom stereocenters. The summed E-state index contributed by atoms with van der Waals surface area (Å²) in [4.78, 5) is 5.50. The highest BCUT2D eigenvalue weighted by molar-refractivity contribution is 7.09. The van der Waals surface area contributed by atoms with Crippen molar-refractivity contribution in [2.45, 2.75) is 18.9 Å². The van der Waals surface area contributed by atoms with Crippen LogP contribution in [0.5, 0.6) is 0 Å². The Bertz CT molecular complexity index is 399. The van der Waals surface area contributed by atoms with Crippen molar-refractivity contribution in [3.8, 4) is 0 Å². The number of hydrogen-bond acceptors (Lipinski definition) is 4. The third-order valence-corrected chi connectivity index (χ3v) is 3.48. The molecule has 0 bridgehead atoms. The summed E-state index contributed by atoms with van der Waals surface area (Å²) in [7, 11) is 0. The van der Waals surface area contributed by atoms with Gasteiger partial charge in [-0.15, -0.1) is 11.3 Å². The summed E-state index contributed by atoms with van der Waals surface area (Å²) in [6, 6.07) is 8.39. The molecule has 0 amide bonds. The molecule has 0 aliphatic heterocycles. The van der Waals surface area contributed by atoms with Crippen molar-refractivity contribution in [1.29, 1.82) is 0 Å². The van der Waals surface area contributed by atoms with E-state index in [1.165, 1.54) is 4.88 Å². The lowest BCUT2D eigenvalue weighted by molar-refractivity contribution is 0.516. The van der Waals surface area contributed by atoms with Crippen LogP contribution in [-0.2, 0) is 6.42 Å². The van der Waals surface area contributed by atoms with Crippen molar-refractivity contribution in [3.63, 3.8) is 0 Å². The van der Waals surface area contributed by atoms with Crippen LogP contribution in [0.4, 0.5) is 0 Å². The highest BCUT2D eigenvalue weighted by Gasteiger charge is 2.09. The van der Waals surface area contributed by atoms with E-state index in [0.29, 0.717) is 0 Å². The van der Waals surface area contributed by atoms with Crippen molar-refractivity contribution >= 4 is 11.3 Å². The molecular formula is C12H15N3S. The van der Waals surface area contributed by atoms with Crippen LogP contribution in [0.25, 0.3) is 0 Å². The lowest BCUT2D eigenvalue weighted by Crippen LogP contribution is -2.28. The molecule has 3 N–H and O–H groups in total. The smallest absolute Gasteiger partial charge is 0.0478 e. The average molecular weight is 233 g/mol. The predicted octanol–water partition coefficient (Wildman–Crippen LogP) is 2.28. The zero-order valence-corrected chi connectivity index (χ0v) is 9.78. The van der Waals surface area contributed by atoms with E-state index >= 15 is 0 Å². The van der Waals surface area contributed by atoms with Gasteiger partial charge in [0.05, 0.1) is 0 Å². The number of pyridine rings is 1. The molecule has 0 radical (unpaired) electrons. The third-order valence-electron chi connectivity index (χ3n) is 2.55. The predicted molar refractivity (Wildman–Crippen MR) is 66.9 cm³/mol. The molecule has 0 fully saturated rings. The number of aromatic nitrogens is 1. The largest absolute Gasteiger partial charge is 0.271 e. The van der Waals surface area contributed by atoms with Crippen LogP contribution < -0.4 is 11.3 Å². The van der Waals surface area contributed by atoms with E-state index in [4.69, 9.17) is 5.84 Å². The molecule has 1 atom stereocenters. The summed E-state index contributed by atoms with van der Waals surface area (Å²) in [5.41, 5.74) is 3.99. The van der Waals surface area contributed by atoms with Gasteiger partial charge in [0.25, 0.3) is 0 Å². The zero-order valence-electron chi connectivity index (χ0n) is 8.97. The molecule has 4 heteroatoms. The topological polar surface area (TPSA) is 50.9 Å². The minimum absolute atomic E-state index is 0.177. The molecule has 0 saturated carbocycles. The number of aryl methyl sites for hydroxylation is 1. The first-order valence-electron chi connectivity index (χ1n) is 5.28. The Hall–Kier alpha value is -1.23. The molecule has 2 aromatic heterocycles. The summed E-state index contributed by atoms with van der Waals surface area (Å²) in [5, 5.41) is 2.10. The Morgan fingerprint density at radius 2 is 2.31 bits per heavy atom. The van der Waals surface area contributed by atoms with Crippen molar-refractivity contribution < 1.29 is 0 Å². The van der Waals surface area contributed by atoms with Gasteiger partial charge in [0.15, 0.2) is 0 Å². The van der Waals surface area contributed by atoms with Gasteiger partial charge in [0, 0.05) is 23.3 Å². The van der Waals surface area contributed by atoms with Crippen molar-refractivity contribution in [2.24, 2.45) is 5.84 Å². The molecule has 0 aromatic carbocycles. The van der Waals surface area contributed by atoms with E-state index in [0.717, 1.165) is 18.4 Å². The Morgan fingerprint density at radius 1 is 1.38 bits per heavy atom. The fraction of sp³-hybridized carbons (Fsp3) is 0.250. The molecule has 0 aliphatic carbocycles. The van der Waals surface area contributed by atoms with E-state index < -0.39 is 0 Å². The van der Waals surface area contributed by atoms with Gasteiger partial charge >= 0.3 is 0 Å². The highest BCUT2D eigenvalue weighted by atomic mass is 32.1. The maximum atomic E-state index is 5.57. The maximum Gasteiger partial charge on any atom is 0.0478 e. The third kappa shape index (κ3) is 2.88. The van der Waals surface area contributed by atoms with Gasteiger partial charge in [0.1, 0.15) is 0 Å². The first-order valence-corrected chi connectivity index (χ1v) is 6.16. The molecule has 0 saturated heterocycles. The van der Waals surface area contributed by atoms with E-state index in [2.05, 4.69) is 27.9 Å². The lowest BCUT2D eigenvalue weighted by Gasteiger charge is -2.15. The average Bonchev–Trinajstić information content (AvgIpc) is 2.84. The van der Waals surface area contributed by atoms with E-state index in [1.807, 2.05) is 18.3 Å². The highest BCUT2D eigenvalue weighted by Crippen LogP contribution is 2.19. The van der Waals surface area contributed by atoms with Gasteiger partial charge in [-0.3, -0.25) is 16.3 Å². The summed E-state index contributed by atoms with van der Waals surface area (Å²) >= 11 is 1.79. The number of rotatable bonds is 5. The van der Waals surface area contributed by atoms with Crippen LogP contribution in [0.3, 0.4) is 0 Å². The normalized spacial score (nSPS) is 12.6. The van der Waals surface area contributed by atoms with E-state index in [-0.39, 0.29) is 6.04 Å². The van der Waals surface area contributed by atoms with Crippen LogP contribution in [0.15, 0.2) is 42.0 Å². The fourth-order valence-corrected chi connectivity index (χ4v) is 2.39. The molecule has 0 spiro atoms. The second kappa shape index (κ2) is 5.75. The van der Waals surface area contributed by atoms with Crippen molar-refractivity contribution in [2.75, 3.05) is 0 Å². The quantitative estimate of drug-likeness (QED) is 0.615. The van der Waals surface area contributed by atoms with Crippen LogP contribution in [0.1, 0.15) is 22.9 Å². The van der Waals surface area contributed by atoms with Crippen LogP contribution in [-0.4, -0.2) is 4.98 Å². The van der Waals surface area contributed by atoms with Crippen molar-refractivity contribution in [3.05, 3.63) is 52.5 Å². The first-order chi connectivity index (χ1) is 7.90. The molecule has 2 aromatic rings. The molecule has 0 aliphatic rings. The van der Waals surface area contributed by atoms with E-state index in [9.17, 15) is 0 Å². The Kier molecular flexibility index (Phi) is 4.04. The molecule has 2 heterocycles. The second-order valence-corrected chi connectivity index (χ2v) is 4.66. The standard InChI is InChI=1S/C12H15N3S/c13-15-12(10-3-1-7-14-9-10)6-5-11-4-2-8-16-11/h1-4,7-9,12,15H,5-6,13H2. The lowest BCUT2D eigenvalue weighted by atomic mass is 10.0.